The Balaban J connectivity index is 2.21. The number of carbonyl (C=O) groups is 1. The number of hydrogen-bond acceptors (Lipinski definition) is 6. The fourth-order valence-corrected chi connectivity index (χ4v) is 4.42. The Labute approximate surface area is 122 Å². The Hall–Kier alpha value is -0.880. The first-order chi connectivity index (χ1) is 9.17. The van der Waals surface area contributed by atoms with Crippen molar-refractivity contribution in [3.8, 4) is 0 Å². The van der Waals surface area contributed by atoms with Gasteiger partial charge in [-0.1, -0.05) is 19.3 Å². The molecule has 106 valence electrons. The van der Waals surface area contributed by atoms with Gasteiger partial charge in [0.2, 0.25) is 0 Å². The van der Waals surface area contributed by atoms with Gasteiger partial charge in [0.15, 0.2) is 0 Å². The number of anilines is 2. The minimum atomic E-state index is -0.352. The summed E-state index contributed by atoms with van der Waals surface area (Å²) in [7, 11) is 1.38. The molecule has 1 aliphatic rings. The first kappa shape index (κ1) is 14.5. The zero-order chi connectivity index (χ0) is 13.8. The van der Waals surface area contributed by atoms with E-state index in [9.17, 15) is 4.79 Å². The summed E-state index contributed by atoms with van der Waals surface area (Å²) in [5.74, 6) is -0.352. The predicted molar refractivity (Wildman–Crippen MR) is 82.3 cm³/mol. The number of thioether (sulfide) groups is 1. The summed E-state index contributed by atoms with van der Waals surface area (Å²) in [4.78, 5) is 13.2. The molecular formula is C13H20N2O2S2. The lowest BCUT2D eigenvalue weighted by molar-refractivity contribution is 0.0607. The molecule has 4 nitrogen and oxygen atoms in total. The Bertz CT molecular complexity index is 454. The van der Waals surface area contributed by atoms with Crippen LogP contribution in [0.25, 0.3) is 0 Å². The number of nitrogens with two attached hydrogens (primary N) is 1. The summed E-state index contributed by atoms with van der Waals surface area (Å²) in [6.07, 6.45) is 8.24. The maximum Gasteiger partial charge on any atom is 0.350 e. The highest BCUT2D eigenvalue weighted by atomic mass is 32.2. The van der Waals surface area contributed by atoms with Crippen LogP contribution in [-0.4, -0.2) is 25.4 Å². The van der Waals surface area contributed by atoms with E-state index in [2.05, 4.69) is 5.32 Å². The largest absolute Gasteiger partial charge is 0.465 e. The molecule has 0 spiro atoms. The van der Waals surface area contributed by atoms with Crippen molar-refractivity contribution in [3.05, 3.63) is 4.88 Å². The van der Waals surface area contributed by atoms with Gasteiger partial charge in [0.25, 0.3) is 0 Å². The highest BCUT2D eigenvalue weighted by Gasteiger charge is 2.23. The van der Waals surface area contributed by atoms with Gasteiger partial charge in [0.05, 0.1) is 17.7 Å². The second-order valence-corrected chi connectivity index (χ2v) is 6.52. The number of ether oxygens (including phenoxy) is 1. The van der Waals surface area contributed by atoms with Gasteiger partial charge in [-0.25, -0.2) is 4.79 Å². The van der Waals surface area contributed by atoms with Crippen LogP contribution in [0.5, 0.6) is 0 Å². The van der Waals surface area contributed by atoms with E-state index in [1.54, 1.807) is 11.8 Å². The molecule has 19 heavy (non-hydrogen) atoms. The summed E-state index contributed by atoms with van der Waals surface area (Å²) < 4.78 is 4.77. The van der Waals surface area contributed by atoms with Gasteiger partial charge in [-0.05, 0) is 19.1 Å². The number of esters is 1. The molecule has 0 bridgehead atoms. The van der Waals surface area contributed by atoms with E-state index in [0.29, 0.717) is 16.6 Å². The molecule has 0 aliphatic heterocycles. The molecule has 0 amide bonds. The van der Waals surface area contributed by atoms with Crippen LogP contribution in [0.2, 0.25) is 0 Å². The smallest absolute Gasteiger partial charge is 0.350 e. The number of nitrogens with one attached hydrogen (secondary N) is 1. The maximum absolute atomic E-state index is 11.7. The Morgan fingerprint density at radius 3 is 2.68 bits per heavy atom. The van der Waals surface area contributed by atoms with Crippen LogP contribution in [0.1, 0.15) is 41.8 Å². The monoisotopic (exact) mass is 300 g/mol. The van der Waals surface area contributed by atoms with Crippen LogP contribution < -0.4 is 11.1 Å². The van der Waals surface area contributed by atoms with E-state index in [-0.39, 0.29) is 5.97 Å². The Morgan fingerprint density at radius 2 is 2.11 bits per heavy atom. The molecule has 1 aromatic rings. The molecule has 0 radical (unpaired) electrons. The minimum absolute atomic E-state index is 0.352. The van der Waals surface area contributed by atoms with Crippen molar-refractivity contribution in [2.75, 3.05) is 24.4 Å². The van der Waals surface area contributed by atoms with E-state index in [1.807, 2.05) is 6.26 Å². The number of methoxy groups -OCH3 is 1. The van der Waals surface area contributed by atoms with E-state index in [4.69, 9.17) is 10.5 Å². The topological polar surface area (TPSA) is 64.3 Å². The summed E-state index contributed by atoms with van der Waals surface area (Å²) >= 11 is 2.98. The van der Waals surface area contributed by atoms with Gasteiger partial charge in [-0.2, -0.15) is 0 Å². The average molecular weight is 300 g/mol. The molecule has 1 aliphatic carbocycles. The molecular weight excluding hydrogens is 280 g/mol. The van der Waals surface area contributed by atoms with Gasteiger partial charge in [-0.3, -0.25) is 0 Å². The van der Waals surface area contributed by atoms with Gasteiger partial charge in [0.1, 0.15) is 9.88 Å². The first-order valence-corrected chi connectivity index (χ1v) is 8.52. The van der Waals surface area contributed by atoms with Crippen molar-refractivity contribution >= 4 is 39.8 Å². The molecule has 0 unspecified atom stereocenters. The summed E-state index contributed by atoms with van der Waals surface area (Å²) in [6.45, 7) is 0. The van der Waals surface area contributed by atoms with Crippen molar-refractivity contribution in [1.29, 1.82) is 0 Å². The zero-order valence-corrected chi connectivity index (χ0v) is 13.0. The fourth-order valence-electron chi connectivity index (χ4n) is 2.40. The SMILES string of the molecule is COC(=O)c1sc(NC2CCCCC2)c(SC)c1N. The zero-order valence-electron chi connectivity index (χ0n) is 11.3. The van der Waals surface area contributed by atoms with Crippen LogP contribution in [0, 0.1) is 0 Å². The summed E-state index contributed by atoms with van der Waals surface area (Å²) in [5, 5.41) is 4.56. The van der Waals surface area contributed by atoms with Crippen molar-refractivity contribution < 1.29 is 9.53 Å². The third-order valence-electron chi connectivity index (χ3n) is 3.41. The lowest BCUT2D eigenvalue weighted by Crippen LogP contribution is -2.21. The summed E-state index contributed by atoms with van der Waals surface area (Å²) in [5.41, 5.74) is 6.59. The summed E-state index contributed by atoms with van der Waals surface area (Å²) in [6, 6.07) is 0.503. The average Bonchev–Trinajstić information content (AvgIpc) is 2.75. The molecule has 1 saturated carbocycles. The highest BCUT2D eigenvalue weighted by molar-refractivity contribution is 7.99. The lowest BCUT2D eigenvalue weighted by Gasteiger charge is -2.23. The van der Waals surface area contributed by atoms with Gasteiger partial charge in [-0.15, -0.1) is 23.1 Å². The molecule has 1 aromatic heterocycles. The number of hydrogen-bond donors (Lipinski definition) is 2. The molecule has 0 aromatic carbocycles. The van der Waals surface area contributed by atoms with E-state index < -0.39 is 0 Å². The maximum atomic E-state index is 11.7. The Morgan fingerprint density at radius 1 is 1.42 bits per heavy atom. The second kappa shape index (κ2) is 6.52. The van der Waals surface area contributed by atoms with Crippen LogP contribution in [-0.2, 0) is 4.74 Å². The van der Waals surface area contributed by atoms with E-state index in [1.165, 1.54) is 50.6 Å². The van der Waals surface area contributed by atoms with Crippen LogP contribution in [0.4, 0.5) is 10.7 Å². The molecule has 0 saturated heterocycles. The fraction of sp³-hybridized carbons (Fsp3) is 0.615. The predicted octanol–water partition coefficient (Wildman–Crippen LogP) is 3.58. The number of thiophene rings is 1. The minimum Gasteiger partial charge on any atom is -0.465 e. The standard InChI is InChI=1S/C13H20N2O2S2/c1-17-13(16)11-9(14)10(18-2)12(19-11)15-8-6-4-3-5-7-8/h8,15H,3-7,14H2,1-2H3. The van der Waals surface area contributed by atoms with E-state index in [0.717, 1.165) is 9.90 Å². The second-order valence-electron chi connectivity index (χ2n) is 4.68. The quantitative estimate of drug-likeness (QED) is 0.657. The highest BCUT2D eigenvalue weighted by Crippen LogP contribution is 2.42. The molecule has 1 fully saturated rings. The van der Waals surface area contributed by atoms with Crippen molar-refractivity contribution in [3.63, 3.8) is 0 Å². The number of carbonyl (C=O) groups excluding carboxylic acids is 1. The third kappa shape index (κ3) is 3.17. The van der Waals surface area contributed by atoms with E-state index >= 15 is 0 Å². The molecule has 1 heterocycles. The normalized spacial score (nSPS) is 16.3. The van der Waals surface area contributed by atoms with Crippen molar-refractivity contribution in [1.82, 2.24) is 0 Å². The molecule has 2 rings (SSSR count). The van der Waals surface area contributed by atoms with Crippen molar-refractivity contribution in [2.24, 2.45) is 0 Å². The van der Waals surface area contributed by atoms with Gasteiger partial charge < -0.3 is 15.8 Å². The first-order valence-electron chi connectivity index (χ1n) is 6.48. The molecule has 3 N–H and O–H groups in total. The molecule has 6 heteroatoms. The van der Waals surface area contributed by atoms with Gasteiger partial charge >= 0.3 is 5.97 Å². The third-order valence-corrected chi connectivity index (χ3v) is 5.49. The van der Waals surface area contributed by atoms with Crippen molar-refractivity contribution in [2.45, 2.75) is 43.0 Å². The van der Waals surface area contributed by atoms with Gasteiger partial charge in [0, 0.05) is 6.04 Å². The van der Waals surface area contributed by atoms with Crippen LogP contribution in [0.3, 0.4) is 0 Å². The Kier molecular flexibility index (Phi) is 4.99. The lowest BCUT2D eigenvalue weighted by atomic mass is 9.96. The van der Waals surface area contributed by atoms with Crippen LogP contribution >= 0.6 is 23.1 Å². The van der Waals surface area contributed by atoms with Crippen LogP contribution in [0.15, 0.2) is 4.90 Å². The number of rotatable bonds is 4. The number of nitrogen functional groups attached to an aromatic ring is 1. The molecule has 0 atom stereocenters.